The van der Waals surface area contributed by atoms with Crippen LogP contribution in [0.25, 0.3) is 5.69 Å². The van der Waals surface area contributed by atoms with Crippen molar-refractivity contribution in [3.8, 4) is 11.8 Å². The van der Waals surface area contributed by atoms with Crippen molar-refractivity contribution in [2.45, 2.75) is 32.2 Å². The highest BCUT2D eigenvalue weighted by molar-refractivity contribution is 5.94. The van der Waals surface area contributed by atoms with Gasteiger partial charge in [-0.25, -0.2) is 4.68 Å². The van der Waals surface area contributed by atoms with Crippen LogP contribution in [0.4, 0.5) is 0 Å². The summed E-state index contributed by atoms with van der Waals surface area (Å²) in [5.74, 6) is 0.567. The summed E-state index contributed by atoms with van der Waals surface area (Å²) in [5.41, 5.74) is 1.50. The number of carbonyl (C=O) groups is 1. The van der Waals surface area contributed by atoms with Crippen LogP contribution in [0.5, 0.6) is 0 Å². The number of carbonyl (C=O) groups excluding carboxylic acids is 1. The Hall–Kier alpha value is -2.68. The summed E-state index contributed by atoms with van der Waals surface area (Å²) in [4.78, 5) is 14.6. The molecule has 1 aromatic carbocycles. The number of nitriles is 1. The lowest BCUT2D eigenvalue weighted by atomic mass is 10.1. The summed E-state index contributed by atoms with van der Waals surface area (Å²) in [6, 6.07) is 9.63. The molecule has 0 radical (unpaired) electrons. The van der Waals surface area contributed by atoms with Gasteiger partial charge in [0, 0.05) is 18.2 Å². The van der Waals surface area contributed by atoms with E-state index in [2.05, 4.69) is 23.3 Å². The van der Waals surface area contributed by atoms with Crippen LogP contribution in [0.1, 0.15) is 36.5 Å². The number of rotatable bonds is 6. The number of benzene rings is 1. The Morgan fingerprint density at radius 3 is 2.74 bits per heavy atom. The summed E-state index contributed by atoms with van der Waals surface area (Å²) in [7, 11) is 0. The molecule has 1 saturated carbocycles. The van der Waals surface area contributed by atoms with Gasteiger partial charge in [0.05, 0.1) is 30.6 Å². The van der Waals surface area contributed by atoms with Gasteiger partial charge in [-0.05, 0) is 49.9 Å². The Balaban J connectivity index is 1.77. The van der Waals surface area contributed by atoms with Gasteiger partial charge in [0.2, 0.25) is 0 Å². The Morgan fingerprint density at radius 2 is 2.17 bits per heavy atom. The van der Waals surface area contributed by atoms with Crippen LogP contribution in [0.2, 0.25) is 0 Å². The highest BCUT2D eigenvalue weighted by Crippen LogP contribution is 2.35. The largest absolute Gasteiger partial charge is 0.335 e. The Kier molecular flexibility index (Phi) is 4.38. The van der Waals surface area contributed by atoms with Crippen molar-refractivity contribution >= 4 is 5.91 Å². The molecule has 23 heavy (non-hydrogen) atoms. The summed E-state index contributed by atoms with van der Waals surface area (Å²) >= 11 is 0. The highest BCUT2D eigenvalue weighted by atomic mass is 16.2. The van der Waals surface area contributed by atoms with Crippen LogP contribution in [-0.2, 0) is 0 Å². The van der Waals surface area contributed by atoms with Gasteiger partial charge in [0.25, 0.3) is 5.91 Å². The monoisotopic (exact) mass is 309 g/mol. The van der Waals surface area contributed by atoms with E-state index in [4.69, 9.17) is 5.26 Å². The average Bonchev–Trinajstić information content (AvgIpc) is 3.29. The summed E-state index contributed by atoms with van der Waals surface area (Å²) in [6.45, 7) is 2.56. The molecule has 6 nitrogen and oxygen atoms in total. The summed E-state index contributed by atoms with van der Waals surface area (Å²) < 4.78 is 1.65. The molecule has 1 heterocycles. The third kappa shape index (κ3) is 3.39. The lowest BCUT2D eigenvalue weighted by Gasteiger charge is -2.29. The Morgan fingerprint density at radius 1 is 1.43 bits per heavy atom. The van der Waals surface area contributed by atoms with Crippen molar-refractivity contribution in [2.75, 3.05) is 6.54 Å². The quantitative estimate of drug-likeness (QED) is 0.821. The van der Waals surface area contributed by atoms with Crippen LogP contribution < -0.4 is 0 Å². The second kappa shape index (κ2) is 6.61. The molecule has 0 aliphatic heterocycles. The second-order valence-corrected chi connectivity index (χ2v) is 5.88. The third-order valence-electron chi connectivity index (χ3n) is 4.32. The van der Waals surface area contributed by atoms with E-state index in [0.29, 0.717) is 24.4 Å². The molecule has 0 unspecified atom stereocenters. The van der Waals surface area contributed by atoms with Gasteiger partial charge >= 0.3 is 0 Å². The van der Waals surface area contributed by atoms with Crippen molar-refractivity contribution in [3.63, 3.8) is 0 Å². The first-order valence-corrected chi connectivity index (χ1v) is 7.85. The number of amides is 1. The predicted molar refractivity (Wildman–Crippen MR) is 84.8 cm³/mol. The minimum Gasteiger partial charge on any atom is -0.335 e. The van der Waals surface area contributed by atoms with Crippen molar-refractivity contribution < 1.29 is 4.79 Å². The fourth-order valence-electron chi connectivity index (χ4n) is 2.76. The zero-order valence-corrected chi connectivity index (χ0v) is 13.1. The molecular formula is C17H19N5O. The molecule has 1 aromatic heterocycles. The molecule has 1 amide bonds. The molecule has 3 rings (SSSR count). The maximum absolute atomic E-state index is 12.8. The van der Waals surface area contributed by atoms with E-state index in [1.807, 2.05) is 17.0 Å². The van der Waals surface area contributed by atoms with Crippen molar-refractivity contribution in [3.05, 3.63) is 42.2 Å². The molecule has 0 spiro atoms. The SMILES string of the molecule is C[C@H](C1CC1)N(CCC#N)C(=O)c1ccc(-n2ccnn2)cc1. The van der Waals surface area contributed by atoms with Crippen molar-refractivity contribution in [1.29, 1.82) is 5.26 Å². The number of nitrogens with zero attached hydrogens (tertiary/aromatic N) is 5. The van der Waals surface area contributed by atoms with E-state index in [0.717, 1.165) is 5.69 Å². The fourth-order valence-corrected chi connectivity index (χ4v) is 2.76. The van der Waals surface area contributed by atoms with Gasteiger partial charge in [-0.15, -0.1) is 5.10 Å². The molecular weight excluding hydrogens is 290 g/mol. The van der Waals surface area contributed by atoms with Crippen LogP contribution in [0.15, 0.2) is 36.7 Å². The van der Waals surface area contributed by atoms with E-state index in [9.17, 15) is 4.79 Å². The van der Waals surface area contributed by atoms with Crippen molar-refractivity contribution in [1.82, 2.24) is 19.9 Å². The minimum absolute atomic E-state index is 0.00945. The van der Waals surface area contributed by atoms with E-state index >= 15 is 0 Å². The van der Waals surface area contributed by atoms with Gasteiger partial charge in [0.15, 0.2) is 0 Å². The molecule has 1 aliphatic rings. The molecule has 118 valence electrons. The van der Waals surface area contributed by atoms with Crippen LogP contribution >= 0.6 is 0 Å². The molecule has 6 heteroatoms. The minimum atomic E-state index is -0.00945. The van der Waals surface area contributed by atoms with Gasteiger partial charge in [0.1, 0.15) is 0 Å². The van der Waals surface area contributed by atoms with E-state index in [1.54, 1.807) is 29.2 Å². The number of aromatic nitrogens is 3. The van der Waals surface area contributed by atoms with Crippen LogP contribution in [-0.4, -0.2) is 38.4 Å². The van der Waals surface area contributed by atoms with Gasteiger partial charge in [-0.1, -0.05) is 5.21 Å². The molecule has 1 atom stereocenters. The third-order valence-corrected chi connectivity index (χ3v) is 4.32. The molecule has 1 aliphatic carbocycles. The smallest absolute Gasteiger partial charge is 0.254 e. The predicted octanol–water partition coefficient (Wildman–Crippen LogP) is 2.42. The van der Waals surface area contributed by atoms with Gasteiger partial charge in [-0.2, -0.15) is 5.26 Å². The zero-order valence-electron chi connectivity index (χ0n) is 13.1. The van der Waals surface area contributed by atoms with Crippen molar-refractivity contribution in [2.24, 2.45) is 5.92 Å². The highest BCUT2D eigenvalue weighted by Gasteiger charge is 2.34. The number of hydrogen-bond acceptors (Lipinski definition) is 4. The Bertz CT molecular complexity index is 698. The maximum Gasteiger partial charge on any atom is 0.254 e. The van der Waals surface area contributed by atoms with E-state index in [-0.39, 0.29) is 11.9 Å². The molecule has 2 aromatic rings. The fraction of sp³-hybridized carbons (Fsp3) is 0.412. The summed E-state index contributed by atoms with van der Waals surface area (Å²) in [6.07, 6.45) is 6.07. The standard InChI is InChI=1S/C17H19N5O/c1-13(14-3-4-14)21(11-2-9-18)17(23)15-5-7-16(8-6-15)22-12-10-19-20-22/h5-8,10,12-14H,2-4,11H2,1H3/t13-/m1/s1. The van der Waals surface area contributed by atoms with Crippen LogP contribution in [0.3, 0.4) is 0 Å². The van der Waals surface area contributed by atoms with Gasteiger partial charge in [-0.3, -0.25) is 4.79 Å². The topological polar surface area (TPSA) is 74.8 Å². The molecule has 0 saturated heterocycles. The zero-order chi connectivity index (χ0) is 16.2. The van der Waals surface area contributed by atoms with E-state index in [1.165, 1.54) is 12.8 Å². The van der Waals surface area contributed by atoms with E-state index < -0.39 is 0 Å². The molecule has 0 bridgehead atoms. The first kappa shape index (κ1) is 15.2. The number of hydrogen-bond donors (Lipinski definition) is 0. The first-order valence-electron chi connectivity index (χ1n) is 7.85. The average molecular weight is 309 g/mol. The Labute approximate surface area is 135 Å². The molecule has 0 N–H and O–H groups in total. The summed E-state index contributed by atoms with van der Waals surface area (Å²) in [5, 5.41) is 16.5. The van der Waals surface area contributed by atoms with Crippen LogP contribution in [0, 0.1) is 17.2 Å². The maximum atomic E-state index is 12.8. The first-order chi connectivity index (χ1) is 11.2. The lowest BCUT2D eigenvalue weighted by Crippen LogP contribution is -2.40. The normalized spacial score (nSPS) is 15.0. The lowest BCUT2D eigenvalue weighted by molar-refractivity contribution is 0.0677. The second-order valence-electron chi connectivity index (χ2n) is 5.88. The molecule has 1 fully saturated rings. The van der Waals surface area contributed by atoms with Gasteiger partial charge < -0.3 is 4.90 Å².